The largest absolute Gasteiger partial charge is 0.385 e. The van der Waals surface area contributed by atoms with Crippen LogP contribution in [0.5, 0.6) is 0 Å². The Kier molecular flexibility index (Phi) is 4.69. The van der Waals surface area contributed by atoms with Crippen LogP contribution < -0.4 is 10.6 Å². The van der Waals surface area contributed by atoms with Crippen LogP contribution in [0.2, 0.25) is 0 Å². The summed E-state index contributed by atoms with van der Waals surface area (Å²) < 4.78 is 0. The Morgan fingerprint density at radius 2 is 1.95 bits per heavy atom. The zero-order valence-corrected chi connectivity index (χ0v) is 12.9. The summed E-state index contributed by atoms with van der Waals surface area (Å²) in [5, 5.41) is 6.66. The molecule has 0 aliphatic carbocycles. The van der Waals surface area contributed by atoms with Crippen molar-refractivity contribution < 1.29 is 4.79 Å². The molecule has 2 rings (SSSR count). The Labute approximate surface area is 122 Å². The van der Waals surface area contributed by atoms with Crippen molar-refractivity contribution in [3.05, 3.63) is 29.3 Å². The topological polar surface area (TPSA) is 41.1 Å². The van der Waals surface area contributed by atoms with Crippen LogP contribution in [-0.4, -0.2) is 18.0 Å². The maximum absolute atomic E-state index is 12.7. The molecule has 0 spiro atoms. The summed E-state index contributed by atoms with van der Waals surface area (Å²) in [7, 11) is 0. The van der Waals surface area contributed by atoms with Crippen molar-refractivity contribution in [2.45, 2.75) is 58.4 Å². The highest BCUT2D eigenvalue weighted by Crippen LogP contribution is 2.27. The average molecular weight is 274 g/mol. The quantitative estimate of drug-likeness (QED) is 0.858. The predicted octanol–water partition coefficient (Wildman–Crippen LogP) is 3.74. The number of carbonyl (C=O) groups excluding carboxylic acids is 1. The van der Waals surface area contributed by atoms with Gasteiger partial charge in [0.1, 0.15) is 0 Å². The lowest BCUT2D eigenvalue weighted by Crippen LogP contribution is -2.47. The fourth-order valence-electron chi connectivity index (χ4n) is 3.05. The van der Waals surface area contributed by atoms with Gasteiger partial charge in [0, 0.05) is 23.3 Å². The number of benzene rings is 1. The van der Waals surface area contributed by atoms with Crippen LogP contribution in [0.25, 0.3) is 0 Å². The Bertz CT molecular complexity index is 470. The van der Waals surface area contributed by atoms with E-state index in [4.69, 9.17) is 0 Å². The third kappa shape index (κ3) is 2.82. The van der Waals surface area contributed by atoms with E-state index in [9.17, 15) is 4.79 Å². The van der Waals surface area contributed by atoms with Crippen molar-refractivity contribution >= 4 is 11.6 Å². The second-order valence-electron chi connectivity index (χ2n) is 5.66. The molecule has 0 saturated heterocycles. The highest BCUT2D eigenvalue weighted by Gasteiger charge is 2.27. The molecule has 3 heteroatoms. The fraction of sp³-hybridized carbons (Fsp3) is 0.588. The van der Waals surface area contributed by atoms with Gasteiger partial charge in [0.25, 0.3) is 5.91 Å². The van der Waals surface area contributed by atoms with Gasteiger partial charge in [-0.15, -0.1) is 0 Å². The average Bonchev–Trinajstić information content (AvgIpc) is 2.52. The lowest BCUT2D eigenvalue weighted by molar-refractivity contribution is 0.0887. The number of hydrogen-bond donors (Lipinski definition) is 2. The van der Waals surface area contributed by atoms with Crippen molar-refractivity contribution in [2.75, 3.05) is 11.9 Å². The van der Waals surface area contributed by atoms with Crippen LogP contribution in [0, 0.1) is 0 Å². The van der Waals surface area contributed by atoms with Crippen molar-refractivity contribution in [3.63, 3.8) is 0 Å². The second-order valence-corrected chi connectivity index (χ2v) is 5.66. The number of rotatable bonds is 5. The number of nitrogens with one attached hydrogen (secondary N) is 2. The highest BCUT2D eigenvalue weighted by atomic mass is 16.1. The summed E-state index contributed by atoms with van der Waals surface area (Å²) in [5.74, 6) is 0.0797. The molecule has 1 aliphatic rings. The van der Waals surface area contributed by atoms with Gasteiger partial charge < -0.3 is 10.6 Å². The van der Waals surface area contributed by atoms with Gasteiger partial charge in [-0.05, 0) is 49.8 Å². The number of amides is 1. The van der Waals surface area contributed by atoms with E-state index in [0.717, 1.165) is 49.9 Å². The minimum atomic E-state index is -0.0676. The van der Waals surface area contributed by atoms with E-state index in [0.29, 0.717) is 0 Å². The Balaban J connectivity index is 2.25. The fourth-order valence-corrected chi connectivity index (χ4v) is 3.05. The SMILES string of the molecule is CCC(CC)(CC)NC(=O)c1cccc2c1CCCN2. The van der Waals surface area contributed by atoms with E-state index in [1.54, 1.807) is 0 Å². The van der Waals surface area contributed by atoms with Crippen molar-refractivity contribution in [1.82, 2.24) is 5.32 Å². The maximum atomic E-state index is 12.7. The molecule has 1 aromatic carbocycles. The summed E-state index contributed by atoms with van der Waals surface area (Å²) in [6, 6.07) is 5.99. The molecule has 1 amide bonds. The third-order valence-electron chi connectivity index (χ3n) is 4.75. The van der Waals surface area contributed by atoms with Gasteiger partial charge in [-0.1, -0.05) is 26.8 Å². The zero-order valence-electron chi connectivity index (χ0n) is 12.9. The van der Waals surface area contributed by atoms with Crippen molar-refractivity contribution in [1.29, 1.82) is 0 Å². The minimum absolute atomic E-state index is 0.0676. The van der Waals surface area contributed by atoms with E-state index >= 15 is 0 Å². The van der Waals surface area contributed by atoms with Crippen molar-refractivity contribution in [3.8, 4) is 0 Å². The molecule has 1 heterocycles. The van der Waals surface area contributed by atoms with E-state index in [1.807, 2.05) is 12.1 Å². The van der Waals surface area contributed by atoms with Gasteiger partial charge in [0.15, 0.2) is 0 Å². The van der Waals surface area contributed by atoms with Gasteiger partial charge in [-0.3, -0.25) is 4.79 Å². The summed E-state index contributed by atoms with van der Waals surface area (Å²) >= 11 is 0. The van der Waals surface area contributed by atoms with Crippen LogP contribution in [0.3, 0.4) is 0 Å². The van der Waals surface area contributed by atoms with Crippen molar-refractivity contribution in [2.24, 2.45) is 0 Å². The molecule has 0 saturated carbocycles. The van der Waals surface area contributed by atoms with E-state index in [1.165, 1.54) is 5.56 Å². The first-order valence-electron chi connectivity index (χ1n) is 7.84. The molecule has 20 heavy (non-hydrogen) atoms. The molecule has 0 unspecified atom stereocenters. The Hall–Kier alpha value is -1.51. The lowest BCUT2D eigenvalue weighted by Gasteiger charge is -2.32. The summed E-state index contributed by atoms with van der Waals surface area (Å²) in [6.45, 7) is 7.45. The zero-order chi connectivity index (χ0) is 14.6. The summed E-state index contributed by atoms with van der Waals surface area (Å²) in [4.78, 5) is 12.7. The predicted molar refractivity (Wildman–Crippen MR) is 84.3 cm³/mol. The van der Waals surface area contributed by atoms with E-state index < -0.39 is 0 Å². The lowest BCUT2D eigenvalue weighted by atomic mass is 9.88. The van der Waals surface area contributed by atoms with E-state index in [2.05, 4.69) is 37.5 Å². The molecule has 1 aliphatic heterocycles. The summed E-state index contributed by atoms with van der Waals surface area (Å²) in [5.41, 5.74) is 3.07. The van der Waals surface area contributed by atoms with Crippen LogP contribution in [0.4, 0.5) is 5.69 Å². The van der Waals surface area contributed by atoms with Crippen LogP contribution in [0.15, 0.2) is 18.2 Å². The number of fused-ring (bicyclic) bond motifs is 1. The van der Waals surface area contributed by atoms with Gasteiger partial charge in [0.05, 0.1) is 0 Å². The van der Waals surface area contributed by atoms with Crippen LogP contribution in [-0.2, 0) is 6.42 Å². The first-order chi connectivity index (χ1) is 9.65. The third-order valence-corrected chi connectivity index (χ3v) is 4.75. The molecule has 3 nitrogen and oxygen atoms in total. The molecular weight excluding hydrogens is 248 g/mol. The highest BCUT2D eigenvalue weighted by molar-refractivity contribution is 5.97. The molecule has 0 fully saturated rings. The standard InChI is InChI=1S/C17H26N2O/c1-4-17(5-2,6-3)19-16(20)14-9-7-11-15-13(14)10-8-12-18-15/h7,9,11,18H,4-6,8,10,12H2,1-3H3,(H,19,20). The molecule has 1 aromatic rings. The second kappa shape index (κ2) is 6.29. The number of anilines is 1. The molecule has 0 aromatic heterocycles. The Morgan fingerprint density at radius 3 is 2.60 bits per heavy atom. The molecule has 0 bridgehead atoms. The molecule has 0 radical (unpaired) electrons. The monoisotopic (exact) mass is 274 g/mol. The number of carbonyl (C=O) groups is 1. The molecule has 110 valence electrons. The molecule has 2 N–H and O–H groups in total. The number of hydrogen-bond acceptors (Lipinski definition) is 2. The van der Waals surface area contributed by atoms with Crippen LogP contribution >= 0.6 is 0 Å². The summed E-state index contributed by atoms with van der Waals surface area (Å²) in [6.07, 6.45) is 5.00. The minimum Gasteiger partial charge on any atom is -0.385 e. The van der Waals surface area contributed by atoms with Crippen LogP contribution in [0.1, 0.15) is 62.4 Å². The van der Waals surface area contributed by atoms with Gasteiger partial charge in [0.2, 0.25) is 0 Å². The normalized spacial score (nSPS) is 14.3. The molecule has 0 atom stereocenters. The maximum Gasteiger partial charge on any atom is 0.252 e. The van der Waals surface area contributed by atoms with Gasteiger partial charge in [-0.25, -0.2) is 0 Å². The van der Waals surface area contributed by atoms with Gasteiger partial charge in [-0.2, -0.15) is 0 Å². The van der Waals surface area contributed by atoms with E-state index in [-0.39, 0.29) is 11.4 Å². The smallest absolute Gasteiger partial charge is 0.252 e. The first-order valence-corrected chi connectivity index (χ1v) is 7.84. The molecular formula is C17H26N2O. The first kappa shape index (κ1) is 14.9. The Morgan fingerprint density at radius 1 is 1.25 bits per heavy atom. The van der Waals surface area contributed by atoms with Gasteiger partial charge >= 0.3 is 0 Å².